The number of carbonyl (C=O) groups excluding carboxylic acids is 2. The number of carboxylic acids is 3. The Balaban J connectivity index is 0.000000651. The molecule has 0 saturated heterocycles. The van der Waals surface area contributed by atoms with Gasteiger partial charge in [0.1, 0.15) is 6.61 Å². The highest BCUT2D eigenvalue weighted by Gasteiger charge is 2.42. The molecule has 0 aliphatic heterocycles. The number of nitrogens with zero attached hydrogens (tertiary/aromatic N) is 3. The maximum absolute atomic E-state index is 11.7. The van der Waals surface area contributed by atoms with Crippen LogP contribution in [0.25, 0.3) is 0 Å². The smallest absolute Gasteiger partial charge is 0.337 e. The number of aromatic nitrogens is 3. The zero-order valence-corrected chi connectivity index (χ0v) is 26.3. The van der Waals surface area contributed by atoms with Gasteiger partial charge in [0.05, 0.1) is 16.7 Å². The lowest BCUT2D eigenvalue weighted by atomic mass is 10.1. The van der Waals surface area contributed by atoms with Gasteiger partial charge in [-0.3, -0.25) is 24.5 Å². The number of amides is 2. The number of nitrogens with one attached hydrogen (secondary N) is 2. The number of aromatic carboxylic acids is 3. The van der Waals surface area contributed by atoms with E-state index in [0.29, 0.717) is 12.3 Å². The molecular formula is C29H37N5O12S. The fraction of sp³-hybridized carbons (Fsp3) is 0.310. The Kier molecular flexibility index (Phi) is 21.7. The summed E-state index contributed by atoms with van der Waals surface area (Å²) in [5.41, 5.74) is 0.660. The Morgan fingerprint density at radius 2 is 1.17 bits per heavy atom. The van der Waals surface area contributed by atoms with E-state index in [9.17, 15) is 29.1 Å². The van der Waals surface area contributed by atoms with Gasteiger partial charge in [-0.2, -0.15) is 12.6 Å². The van der Waals surface area contributed by atoms with Crippen LogP contribution in [0.5, 0.6) is 0 Å². The zero-order valence-electron chi connectivity index (χ0n) is 25.4. The fourth-order valence-corrected chi connectivity index (χ4v) is 2.98. The molecule has 17 nitrogen and oxygen atoms in total. The molecule has 7 N–H and O–H groups in total. The SMILES string of the molecule is COC(CO)(OC)C(O)C(=O)NCCC(=O)NCCS.O=C(O)c1cccnc1.O=C(O)c1cccnc1.O=C(O)c1cccnc1. The molecule has 0 saturated carbocycles. The summed E-state index contributed by atoms with van der Waals surface area (Å²) in [5.74, 6) is -5.16. The van der Waals surface area contributed by atoms with Crippen LogP contribution >= 0.6 is 12.6 Å². The Morgan fingerprint density at radius 1 is 0.766 bits per heavy atom. The minimum Gasteiger partial charge on any atom is -0.478 e. The Labute approximate surface area is 275 Å². The number of ether oxygens (including phenoxy) is 2. The molecule has 0 spiro atoms. The summed E-state index contributed by atoms with van der Waals surface area (Å²) in [6.45, 7) is -0.209. The Bertz CT molecular complexity index is 1230. The molecule has 1 unspecified atom stereocenters. The Hall–Kier alpha value is -5.01. The second-order valence-electron chi connectivity index (χ2n) is 8.54. The van der Waals surface area contributed by atoms with Crippen molar-refractivity contribution >= 4 is 42.4 Å². The molecule has 3 rings (SSSR count). The van der Waals surface area contributed by atoms with Crippen LogP contribution in [-0.4, -0.2) is 122 Å². The van der Waals surface area contributed by atoms with Crippen molar-refractivity contribution in [3.8, 4) is 0 Å². The average Bonchev–Trinajstić information content (AvgIpc) is 3.10. The molecule has 2 amide bonds. The highest BCUT2D eigenvalue weighted by atomic mass is 32.1. The first-order chi connectivity index (χ1) is 22.4. The van der Waals surface area contributed by atoms with E-state index in [1.165, 1.54) is 69.6 Å². The minimum atomic E-state index is -1.82. The van der Waals surface area contributed by atoms with Crippen LogP contribution in [0.2, 0.25) is 0 Å². The van der Waals surface area contributed by atoms with Crippen LogP contribution in [0.4, 0.5) is 0 Å². The quantitative estimate of drug-likeness (QED) is 0.0887. The van der Waals surface area contributed by atoms with Crippen molar-refractivity contribution in [1.29, 1.82) is 0 Å². The van der Waals surface area contributed by atoms with Crippen LogP contribution in [0.3, 0.4) is 0 Å². The molecule has 3 aromatic heterocycles. The molecule has 1 atom stereocenters. The third-order valence-corrected chi connectivity index (χ3v) is 5.61. The molecule has 0 bridgehead atoms. The van der Waals surface area contributed by atoms with E-state index in [4.69, 9.17) is 29.9 Å². The van der Waals surface area contributed by atoms with Gasteiger partial charge in [0.15, 0.2) is 6.10 Å². The molecule has 0 aliphatic rings. The number of rotatable bonds is 13. The second kappa shape index (κ2) is 24.3. The lowest BCUT2D eigenvalue weighted by Crippen LogP contribution is -2.56. The van der Waals surface area contributed by atoms with Gasteiger partial charge in [-0.1, -0.05) is 0 Å². The Morgan fingerprint density at radius 3 is 1.43 bits per heavy atom. The summed E-state index contributed by atoms with van der Waals surface area (Å²) < 4.78 is 9.66. The molecule has 0 aromatic carbocycles. The third-order valence-electron chi connectivity index (χ3n) is 5.39. The van der Waals surface area contributed by atoms with Gasteiger partial charge >= 0.3 is 17.9 Å². The van der Waals surface area contributed by atoms with Gasteiger partial charge < -0.3 is 45.6 Å². The molecule has 3 heterocycles. The van der Waals surface area contributed by atoms with E-state index in [2.05, 4.69) is 38.2 Å². The fourth-order valence-electron chi connectivity index (χ4n) is 2.87. The summed E-state index contributed by atoms with van der Waals surface area (Å²) in [7, 11) is 2.39. The lowest BCUT2D eigenvalue weighted by Gasteiger charge is -2.32. The average molecular weight is 680 g/mol. The second-order valence-corrected chi connectivity index (χ2v) is 8.98. The van der Waals surface area contributed by atoms with Crippen LogP contribution in [0.15, 0.2) is 73.6 Å². The zero-order chi connectivity index (χ0) is 35.7. The molecule has 18 heteroatoms. The normalized spacial score (nSPS) is 10.6. The predicted molar refractivity (Wildman–Crippen MR) is 168 cm³/mol. The summed E-state index contributed by atoms with van der Waals surface area (Å²) in [5, 5.41) is 48.9. The number of carbonyl (C=O) groups is 5. The maximum Gasteiger partial charge on any atom is 0.337 e. The van der Waals surface area contributed by atoms with Crippen molar-refractivity contribution in [2.24, 2.45) is 0 Å². The number of hydrogen-bond donors (Lipinski definition) is 8. The van der Waals surface area contributed by atoms with E-state index in [-0.39, 0.29) is 35.6 Å². The topological polar surface area (TPSA) is 268 Å². The molecule has 0 aliphatic carbocycles. The lowest BCUT2D eigenvalue weighted by molar-refractivity contribution is -0.269. The maximum atomic E-state index is 11.7. The van der Waals surface area contributed by atoms with E-state index >= 15 is 0 Å². The van der Waals surface area contributed by atoms with Gasteiger partial charge in [0.2, 0.25) is 11.7 Å². The van der Waals surface area contributed by atoms with Crippen molar-refractivity contribution < 1.29 is 59.0 Å². The van der Waals surface area contributed by atoms with Gasteiger partial charge in [0, 0.05) is 76.7 Å². The summed E-state index contributed by atoms with van der Waals surface area (Å²) in [4.78, 5) is 64.3. The highest BCUT2D eigenvalue weighted by Crippen LogP contribution is 2.16. The van der Waals surface area contributed by atoms with Crippen LogP contribution < -0.4 is 10.6 Å². The summed E-state index contributed by atoms with van der Waals surface area (Å²) in [6, 6.07) is 9.25. The van der Waals surface area contributed by atoms with E-state index in [1.54, 1.807) is 18.2 Å². The monoisotopic (exact) mass is 679 g/mol. The first-order valence-corrected chi connectivity index (χ1v) is 14.0. The number of hydrogen-bond acceptors (Lipinski definition) is 13. The van der Waals surface area contributed by atoms with Gasteiger partial charge in [-0.25, -0.2) is 14.4 Å². The third kappa shape index (κ3) is 17.3. The number of carboxylic acid groups (broad SMARTS) is 3. The van der Waals surface area contributed by atoms with Gasteiger partial charge in [-0.05, 0) is 36.4 Å². The molecule has 0 radical (unpaired) electrons. The standard InChI is InChI=1S/C11H22N2O6S.3C6H5NO2/c1-18-11(7-14,19-2)9(16)10(17)13-4-3-8(15)12-5-6-20;3*8-6(9)5-2-1-3-7-4-5/h9,14,16,20H,3-7H2,1-2H3,(H,12,15)(H,13,17);3*1-4H,(H,8,9). The van der Waals surface area contributed by atoms with E-state index in [1.807, 2.05) is 0 Å². The first kappa shape index (κ1) is 42.0. The van der Waals surface area contributed by atoms with Crippen molar-refractivity contribution in [3.05, 3.63) is 90.3 Å². The van der Waals surface area contributed by atoms with Crippen LogP contribution in [-0.2, 0) is 19.1 Å². The van der Waals surface area contributed by atoms with Crippen LogP contribution in [0.1, 0.15) is 37.5 Å². The van der Waals surface area contributed by atoms with Crippen LogP contribution in [0, 0.1) is 0 Å². The van der Waals surface area contributed by atoms with Gasteiger partial charge in [0.25, 0.3) is 5.91 Å². The van der Waals surface area contributed by atoms with E-state index < -0.39 is 42.3 Å². The number of aliphatic hydroxyl groups is 2. The summed E-state index contributed by atoms with van der Waals surface area (Å²) >= 11 is 3.94. The molecule has 47 heavy (non-hydrogen) atoms. The summed E-state index contributed by atoms with van der Waals surface area (Å²) in [6.07, 6.45) is 6.87. The molecule has 256 valence electrons. The van der Waals surface area contributed by atoms with Crippen molar-refractivity contribution in [2.45, 2.75) is 18.3 Å². The van der Waals surface area contributed by atoms with Crippen molar-refractivity contribution in [3.63, 3.8) is 0 Å². The van der Waals surface area contributed by atoms with Crippen molar-refractivity contribution in [2.75, 3.05) is 39.7 Å². The van der Waals surface area contributed by atoms with Gasteiger partial charge in [-0.15, -0.1) is 0 Å². The number of pyridine rings is 3. The highest BCUT2D eigenvalue weighted by molar-refractivity contribution is 7.80. The predicted octanol–water partition coefficient (Wildman–Crippen LogP) is 0.220. The van der Waals surface area contributed by atoms with Crippen molar-refractivity contribution in [1.82, 2.24) is 25.6 Å². The number of aliphatic hydroxyl groups excluding tert-OH is 2. The number of methoxy groups -OCH3 is 2. The van der Waals surface area contributed by atoms with E-state index in [0.717, 1.165) is 0 Å². The minimum absolute atomic E-state index is 0.0449. The number of thiol groups is 1. The first-order valence-electron chi connectivity index (χ1n) is 13.3. The molecule has 3 aromatic rings. The largest absolute Gasteiger partial charge is 0.478 e. The molecule has 0 fully saturated rings. The molecular weight excluding hydrogens is 642 g/mol.